The normalized spacial score (nSPS) is 29.1. The molecular formula is C14H17NO4. The molecule has 5 heteroatoms. The summed E-state index contributed by atoms with van der Waals surface area (Å²) in [5, 5.41) is 0. The van der Waals surface area contributed by atoms with Crippen LogP contribution in [0, 0.1) is 0 Å². The van der Waals surface area contributed by atoms with Crippen molar-refractivity contribution < 1.29 is 18.9 Å². The summed E-state index contributed by atoms with van der Waals surface area (Å²) in [6, 6.07) is 4.37. The number of morpholine rings is 1. The second kappa shape index (κ2) is 4.28. The first-order valence-corrected chi connectivity index (χ1v) is 6.72. The van der Waals surface area contributed by atoms with E-state index in [2.05, 4.69) is 11.9 Å². The minimum Gasteiger partial charge on any atom is -0.489 e. The summed E-state index contributed by atoms with van der Waals surface area (Å²) in [4.78, 5) is 2.36. The van der Waals surface area contributed by atoms with Gasteiger partial charge < -0.3 is 18.9 Å². The third-order valence-corrected chi connectivity index (χ3v) is 4.15. The van der Waals surface area contributed by atoms with Gasteiger partial charge in [0, 0.05) is 18.2 Å². The van der Waals surface area contributed by atoms with Crippen LogP contribution < -0.4 is 14.2 Å². The predicted octanol–water partition coefficient (Wildman–Crippen LogP) is 1.57. The molecule has 1 fully saturated rings. The Kier molecular flexibility index (Phi) is 2.56. The summed E-state index contributed by atoms with van der Waals surface area (Å²) < 4.78 is 22.9. The molecular weight excluding hydrogens is 246 g/mol. The van der Waals surface area contributed by atoms with Gasteiger partial charge in [0.05, 0.1) is 13.2 Å². The Hall–Kier alpha value is -1.46. The molecule has 0 bridgehead atoms. The minimum atomic E-state index is 0.0609. The van der Waals surface area contributed by atoms with Gasteiger partial charge in [0.2, 0.25) is 12.5 Å². The van der Waals surface area contributed by atoms with Crippen LogP contribution in [0.1, 0.15) is 18.1 Å². The van der Waals surface area contributed by atoms with Crippen LogP contribution in [-0.2, 0) is 4.74 Å². The van der Waals surface area contributed by atoms with Gasteiger partial charge in [-0.25, -0.2) is 0 Å². The molecule has 2 atom stereocenters. The summed E-state index contributed by atoms with van der Waals surface area (Å²) in [6.45, 7) is 2.68. The van der Waals surface area contributed by atoms with E-state index in [1.165, 1.54) is 0 Å². The van der Waals surface area contributed by atoms with Crippen LogP contribution in [0.3, 0.4) is 0 Å². The maximum absolute atomic E-state index is 6.00. The Morgan fingerprint density at radius 1 is 1.11 bits per heavy atom. The number of ether oxygens (including phenoxy) is 4. The maximum atomic E-state index is 6.00. The maximum Gasteiger partial charge on any atom is 0.231 e. The van der Waals surface area contributed by atoms with Gasteiger partial charge in [-0.3, -0.25) is 4.90 Å². The van der Waals surface area contributed by atoms with E-state index in [1.54, 1.807) is 0 Å². The molecule has 0 saturated carbocycles. The summed E-state index contributed by atoms with van der Waals surface area (Å²) in [7, 11) is 2.15. The third kappa shape index (κ3) is 1.69. The van der Waals surface area contributed by atoms with Crippen LogP contribution in [0.5, 0.6) is 17.2 Å². The van der Waals surface area contributed by atoms with Crippen LogP contribution in [0.15, 0.2) is 12.1 Å². The van der Waals surface area contributed by atoms with Gasteiger partial charge in [-0.2, -0.15) is 0 Å². The average molecular weight is 263 g/mol. The summed E-state index contributed by atoms with van der Waals surface area (Å²) in [5.74, 6) is 2.30. The number of rotatable bonds is 0. The van der Waals surface area contributed by atoms with Crippen LogP contribution >= 0.6 is 0 Å². The van der Waals surface area contributed by atoms with Gasteiger partial charge in [-0.05, 0) is 25.6 Å². The molecule has 0 spiro atoms. The van der Waals surface area contributed by atoms with Crippen LogP contribution in [0.2, 0.25) is 0 Å². The highest BCUT2D eigenvalue weighted by Gasteiger charge is 2.37. The summed E-state index contributed by atoms with van der Waals surface area (Å²) in [5.41, 5.74) is 1.08. The Bertz CT molecular complexity index is 504. The molecule has 5 nitrogen and oxygen atoms in total. The highest BCUT2D eigenvalue weighted by Crippen LogP contribution is 2.48. The van der Waals surface area contributed by atoms with Gasteiger partial charge in [0.15, 0.2) is 11.5 Å². The Morgan fingerprint density at radius 3 is 3.00 bits per heavy atom. The molecule has 3 aliphatic rings. The smallest absolute Gasteiger partial charge is 0.231 e. The van der Waals surface area contributed by atoms with Crippen molar-refractivity contribution in [3.63, 3.8) is 0 Å². The zero-order valence-corrected chi connectivity index (χ0v) is 10.9. The van der Waals surface area contributed by atoms with E-state index in [-0.39, 0.29) is 12.9 Å². The zero-order valence-electron chi connectivity index (χ0n) is 10.9. The van der Waals surface area contributed by atoms with E-state index in [1.807, 2.05) is 12.1 Å². The quantitative estimate of drug-likeness (QED) is 0.710. The van der Waals surface area contributed by atoms with E-state index < -0.39 is 0 Å². The van der Waals surface area contributed by atoms with Crippen molar-refractivity contribution in [1.29, 1.82) is 0 Å². The first kappa shape index (κ1) is 11.4. The van der Waals surface area contributed by atoms with Crippen LogP contribution in [0.4, 0.5) is 0 Å². The molecule has 0 unspecified atom stereocenters. The molecule has 3 aliphatic heterocycles. The number of fused-ring (bicyclic) bond motifs is 5. The van der Waals surface area contributed by atoms with Gasteiger partial charge in [0.25, 0.3) is 0 Å². The second-order valence-electron chi connectivity index (χ2n) is 5.19. The van der Waals surface area contributed by atoms with Gasteiger partial charge in [0.1, 0.15) is 6.10 Å². The van der Waals surface area contributed by atoms with Crippen molar-refractivity contribution in [3.05, 3.63) is 17.7 Å². The first-order valence-electron chi connectivity index (χ1n) is 6.72. The lowest BCUT2D eigenvalue weighted by atomic mass is 9.97. The van der Waals surface area contributed by atoms with E-state index in [0.29, 0.717) is 12.6 Å². The number of hydrogen-bond acceptors (Lipinski definition) is 5. The van der Waals surface area contributed by atoms with Crippen molar-refractivity contribution in [3.8, 4) is 17.2 Å². The van der Waals surface area contributed by atoms with E-state index >= 15 is 0 Å². The fraction of sp³-hybridized carbons (Fsp3) is 0.571. The average Bonchev–Trinajstić information content (AvgIpc) is 2.81. The molecule has 0 aromatic heterocycles. The van der Waals surface area contributed by atoms with Crippen LogP contribution in [-0.4, -0.2) is 44.5 Å². The molecule has 0 aliphatic carbocycles. The molecule has 0 radical (unpaired) electrons. The number of hydrogen-bond donors (Lipinski definition) is 0. The molecule has 1 saturated heterocycles. The fourth-order valence-electron chi connectivity index (χ4n) is 3.12. The number of likely N-dealkylation sites (N-methyl/N-ethyl adjacent to an activating group) is 1. The molecule has 3 heterocycles. The molecule has 1 aromatic rings. The lowest BCUT2D eigenvalue weighted by Gasteiger charge is -2.38. The number of nitrogens with zero attached hydrogens (tertiary/aromatic N) is 1. The van der Waals surface area contributed by atoms with Crippen molar-refractivity contribution in [2.24, 2.45) is 0 Å². The summed E-state index contributed by atoms with van der Waals surface area (Å²) in [6.07, 6.45) is 1.02. The molecule has 0 N–H and O–H groups in total. The number of benzene rings is 1. The van der Waals surface area contributed by atoms with Crippen molar-refractivity contribution in [2.75, 3.05) is 33.6 Å². The van der Waals surface area contributed by atoms with Crippen molar-refractivity contribution in [1.82, 2.24) is 4.90 Å². The molecule has 19 heavy (non-hydrogen) atoms. The highest BCUT2D eigenvalue weighted by atomic mass is 16.7. The van der Waals surface area contributed by atoms with Crippen LogP contribution in [0.25, 0.3) is 0 Å². The summed E-state index contributed by atoms with van der Waals surface area (Å²) >= 11 is 0. The van der Waals surface area contributed by atoms with E-state index in [9.17, 15) is 0 Å². The fourth-order valence-corrected chi connectivity index (χ4v) is 3.12. The van der Waals surface area contributed by atoms with Crippen molar-refractivity contribution in [2.45, 2.75) is 18.6 Å². The molecule has 102 valence electrons. The standard InChI is InChI=1S/C14H17NO4/c1-15-5-7-17-12-9-2-3-11-14(19-8-18-11)13(9)16-6-4-10(12)15/h2-3,10,12H,4-8H2,1H3/t10-,12-/m1/s1. The Morgan fingerprint density at radius 2 is 2.05 bits per heavy atom. The zero-order chi connectivity index (χ0) is 12.8. The first-order chi connectivity index (χ1) is 9.34. The Labute approximate surface area is 112 Å². The largest absolute Gasteiger partial charge is 0.489 e. The minimum absolute atomic E-state index is 0.0609. The molecule has 0 amide bonds. The molecule has 4 rings (SSSR count). The van der Waals surface area contributed by atoms with E-state index in [0.717, 1.165) is 42.4 Å². The van der Waals surface area contributed by atoms with E-state index in [4.69, 9.17) is 18.9 Å². The third-order valence-electron chi connectivity index (χ3n) is 4.15. The Balaban J connectivity index is 1.81. The van der Waals surface area contributed by atoms with Gasteiger partial charge in [-0.1, -0.05) is 0 Å². The van der Waals surface area contributed by atoms with Crippen molar-refractivity contribution >= 4 is 0 Å². The topological polar surface area (TPSA) is 40.2 Å². The van der Waals surface area contributed by atoms with Gasteiger partial charge in [-0.15, -0.1) is 0 Å². The lowest BCUT2D eigenvalue weighted by molar-refractivity contribution is -0.0644. The van der Waals surface area contributed by atoms with Gasteiger partial charge >= 0.3 is 0 Å². The highest BCUT2D eigenvalue weighted by molar-refractivity contribution is 5.58. The molecule has 1 aromatic carbocycles. The predicted molar refractivity (Wildman–Crippen MR) is 67.8 cm³/mol. The lowest BCUT2D eigenvalue weighted by Crippen LogP contribution is -2.44. The second-order valence-corrected chi connectivity index (χ2v) is 5.19. The monoisotopic (exact) mass is 263 g/mol. The SMILES string of the molecule is CN1CCO[C@@H]2c3ccc4c(c3OCC[C@H]21)OCO4.